The van der Waals surface area contributed by atoms with Crippen molar-refractivity contribution in [2.45, 2.75) is 18.3 Å². The summed E-state index contributed by atoms with van der Waals surface area (Å²) in [5.74, 6) is 2.76. The Balaban J connectivity index is 1.85. The lowest BCUT2D eigenvalue weighted by atomic mass is 9.84. The van der Waals surface area contributed by atoms with Crippen LogP contribution in [0.4, 0.5) is 0 Å². The molecular weight excluding hydrogens is 168 g/mol. The molecule has 4 atom stereocenters. The molecule has 2 saturated carbocycles. The Morgan fingerprint density at radius 1 is 1.07 bits per heavy atom. The van der Waals surface area contributed by atoms with Crippen molar-refractivity contribution in [2.75, 3.05) is 0 Å². The molecule has 14 heavy (non-hydrogen) atoms. The third-order valence-electron chi connectivity index (χ3n) is 4.67. The normalized spacial score (nSPS) is 46.7. The molecule has 0 N–H and O–H groups in total. The number of fused-ring (bicyclic) bond motifs is 5. The van der Waals surface area contributed by atoms with E-state index in [0.717, 1.165) is 17.8 Å². The van der Waals surface area contributed by atoms with E-state index in [9.17, 15) is 0 Å². The van der Waals surface area contributed by atoms with Crippen LogP contribution in [0.25, 0.3) is 0 Å². The summed E-state index contributed by atoms with van der Waals surface area (Å²) >= 11 is 0. The molecule has 1 aromatic rings. The zero-order valence-corrected chi connectivity index (χ0v) is 8.19. The maximum atomic E-state index is 2.47. The van der Waals surface area contributed by atoms with Gasteiger partial charge in [-0.2, -0.15) is 0 Å². The summed E-state index contributed by atoms with van der Waals surface area (Å²) in [6.07, 6.45) is 7.81. The second kappa shape index (κ2) is 2.13. The molecule has 4 rings (SSSR count). The van der Waals surface area contributed by atoms with Crippen LogP contribution < -0.4 is 0 Å². The van der Waals surface area contributed by atoms with Gasteiger partial charge in [0.1, 0.15) is 0 Å². The molecule has 0 nitrogen and oxygen atoms in total. The predicted octanol–water partition coefficient (Wildman–Crippen LogP) is 3.15. The maximum absolute atomic E-state index is 2.47. The highest BCUT2D eigenvalue weighted by Crippen LogP contribution is 2.72. The van der Waals surface area contributed by atoms with Crippen molar-refractivity contribution in [3.05, 3.63) is 48.0 Å². The Hall–Kier alpha value is -1.04. The fraction of sp³-hybridized carbons (Fsp3) is 0.429. The molecular formula is C14H14. The van der Waals surface area contributed by atoms with Crippen molar-refractivity contribution in [3.8, 4) is 0 Å². The molecule has 0 amide bonds. The van der Waals surface area contributed by atoms with Crippen LogP contribution >= 0.6 is 0 Å². The van der Waals surface area contributed by atoms with Crippen molar-refractivity contribution in [2.24, 2.45) is 17.8 Å². The minimum atomic E-state index is 0.584. The molecule has 0 radical (unpaired) electrons. The van der Waals surface area contributed by atoms with Crippen molar-refractivity contribution < 1.29 is 0 Å². The summed E-state index contributed by atoms with van der Waals surface area (Å²) in [6.45, 7) is 0. The van der Waals surface area contributed by atoms with Crippen LogP contribution in [0.2, 0.25) is 0 Å². The molecule has 1 aromatic carbocycles. The minimum Gasteiger partial charge on any atom is -0.0848 e. The van der Waals surface area contributed by atoms with Crippen LogP contribution in [0.15, 0.2) is 42.5 Å². The Kier molecular flexibility index (Phi) is 1.11. The fourth-order valence-corrected chi connectivity index (χ4v) is 3.97. The summed E-state index contributed by atoms with van der Waals surface area (Å²) in [4.78, 5) is 0. The zero-order chi connectivity index (χ0) is 9.17. The van der Waals surface area contributed by atoms with E-state index in [1.165, 1.54) is 12.8 Å². The first kappa shape index (κ1) is 7.28. The Bertz CT molecular complexity index is 403. The van der Waals surface area contributed by atoms with Gasteiger partial charge < -0.3 is 0 Å². The molecule has 0 aliphatic heterocycles. The molecule has 3 aliphatic carbocycles. The first-order valence-corrected chi connectivity index (χ1v) is 5.65. The predicted molar refractivity (Wildman–Crippen MR) is 57.0 cm³/mol. The first-order chi connectivity index (χ1) is 6.91. The summed E-state index contributed by atoms with van der Waals surface area (Å²) in [7, 11) is 0. The molecule has 2 bridgehead atoms. The van der Waals surface area contributed by atoms with E-state index in [-0.39, 0.29) is 0 Å². The van der Waals surface area contributed by atoms with Crippen molar-refractivity contribution in [1.82, 2.24) is 0 Å². The van der Waals surface area contributed by atoms with E-state index in [1.807, 2.05) is 0 Å². The third kappa shape index (κ3) is 0.648. The molecule has 0 unspecified atom stereocenters. The SMILES string of the molecule is C1=C[C@H]2C[C@@H]1[C@@]1(c3ccccc3)C[C@@H]21. The largest absolute Gasteiger partial charge is 0.0848 e. The highest BCUT2D eigenvalue weighted by atomic mass is 14.7. The summed E-state index contributed by atoms with van der Waals surface area (Å²) in [5.41, 5.74) is 2.18. The standard InChI is InChI=1S/C14H14/c1-2-4-11(5-3-1)14-9-13(14)10-6-7-12(14)8-10/h1-7,10,12-13H,8-9H2/t10-,12+,13-,14-/m0/s1. The highest BCUT2D eigenvalue weighted by molar-refractivity contribution is 5.43. The fourth-order valence-electron chi connectivity index (χ4n) is 3.97. The Labute approximate surface area is 84.6 Å². The lowest BCUT2D eigenvalue weighted by Crippen LogP contribution is -2.16. The van der Waals surface area contributed by atoms with Crippen LogP contribution in [0.1, 0.15) is 18.4 Å². The van der Waals surface area contributed by atoms with Gasteiger partial charge >= 0.3 is 0 Å². The highest BCUT2D eigenvalue weighted by Gasteiger charge is 2.67. The van der Waals surface area contributed by atoms with Gasteiger partial charge in [-0.15, -0.1) is 0 Å². The molecule has 0 aromatic heterocycles. The minimum absolute atomic E-state index is 0.584. The van der Waals surface area contributed by atoms with Crippen LogP contribution in [0, 0.1) is 17.8 Å². The Morgan fingerprint density at radius 3 is 2.64 bits per heavy atom. The van der Waals surface area contributed by atoms with E-state index in [1.54, 1.807) is 5.56 Å². The van der Waals surface area contributed by atoms with E-state index in [0.29, 0.717) is 5.41 Å². The van der Waals surface area contributed by atoms with Gasteiger partial charge in [-0.3, -0.25) is 0 Å². The lowest BCUT2D eigenvalue weighted by Gasteiger charge is -2.20. The van der Waals surface area contributed by atoms with E-state index >= 15 is 0 Å². The number of hydrogen-bond acceptors (Lipinski definition) is 0. The van der Waals surface area contributed by atoms with Gasteiger partial charge in [0.2, 0.25) is 0 Å². The van der Waals surface area contributed by atoms with Crippen LogP contribution in [0.3, 0.4) is 0 Å². The van der Waals surface area contributed by atoms with Crippen LogP contribution in [-0.4, -0.2) is 0 Å². The van der Waals surface area contributed by atoms with Crippen LogP contribution in [-0.2, 0) is 5.41 Å². The summed E-state index contributed by atoms with van der Waals surface area (Å²) in [6, 6.07) is 11.2. The molecule has 0 heterocycles. The van der Waals surface area contributed by atoms with Crippen molar-refractivity contribution in [3.63, 3.8) is 0 Å². The van der Waals surface area contributed by atoms with Crippen molar-refractivity contribution >= 4 is 0 Å². The average Bonchev–Trinajstić information content (AvgIpc) is 2.76. The van der Waals surface area contributed by atoms with E-state index in [2.05, 4.69) is 42.5 Å². The Morgan fingerprint density at radius 2 is 1.93 bits per heavy atom. The topological polar surface area (TPSA) is 0 Å². The molecule has 2 fully saturated rings. The molecule has 0 heteroatoms. The average molecular weight is 182 g/mol. The van der Waals surface area contributed by atoms with E-state index < -0.39 is 0 Å². The number of benzene rings is 1. The third-order valence-corrected chi connectivity index (χ3v) is 4.67. The molecule has 70 valence electrons. The smallest absolute Gasteiger partial charge is 0.00532 e. The number of allylic oxidation sites excluding steroid dienone is 2. The quantitative estimate of drug-likeness (QED) is 0.585. The molecule has 0 spiro atoms. The number of hydrogen-bond donors (Lipinski definition) is 0. The van der Waals surface area contributed by atoms with E-state index in [4.69, 9.17) is 0 Å². The zero-order valence-electron chi connectivity index (χ0n) is 8.19. The van der Waals surface area contributed by atoms with Gasteiger partial charge in [-0.1, -0.05) is 42.5 Å². The van der Waals surface area contributed by atoms with Gasteiger partial charge in [0.25, 0.3) is 0 Å². The van der Waals surface area contributed by atoms with Gasteiger partial charge in [0.05, 0.1) is 0 Å². The van der Waals surface area contributed by atoms with Crippen molar-refractivity contribution in [1.29, 1.82) is 0 Å². The van der Waals surface area contributed by atoms with Crippen LogP contribution in [0.5, 0.6) is 0 Å². The lowest BCUT2D eigenvalue weighted by molar-refractivity contribution is 0.525. The first-order valence-electron chi connectivity index (χ1n) is 5.65. The second-order valence-electron chi connectivity index (χ2n) is 5.11. The monoisotopic (exact) mass is 182 g/mol. The summed E-state index contributed by atoms with van der Waals surface area (Å²) in [5, 5.41) is 0. The van der Waals surface area contributed by atoms with Gasteiger partial charge in [0.15, 0.2) is 0 Å². The van der Waals surface area contributed by atoms with Gasteiger partial charge in [-0.05, 0) is 36.2 Å². The van der Waals surface area contributed by atoms with Gasteiger partial charge in [-0.25, -0.2) is 0 Å². The number of rotatable bonds is 1. The molecule has 0 saturated heterocycles. The van der Waals surface area contributed by atoms with Gasteiger partial charge in [0, 0.05) is 5.41 Å². The second-order valence-corrected chi connectivity index (χ2v) is 5.11. The maximum Gasteiger partial charge on any atom is 0.00532 e. The molecule has 3 aliphatic rings. The summed E-state index contributed by atoms with van der Waals surface area (Å²) < 4.78 is 0.